The molecule has 1 heterocycles. The van der Waals surface area contributed by atoms with Crippen LogP contribution in [0.1, 0.15) is 49.3 Å². The van der Waals surface area contributed by atoms with Gasteiger partial charge in [-0.1, -0.05) is 24.6 Å². The molecule has 2 aromatic carbocycles. The second kappa shape index (κ2) is 8.35. The molecule has 8 heteroatoms. The van der Waals surface area contributed by atoms with Crippen LogP contribution in [-0.4, -0.2) is 18.1 Å². The summed E-state index contributed by atoms with van der Waals surface area (Å²) < 4.78 is 48.5. The van der Waals surface area contributed by atoms with Gasteiger partial charge in [-0.05, 0) is 72.7 Å². The van der Waals surface area contributed by atoms with Crippen LogP contribution in [0, 0.1) is 0 Å². The van der Waals surface area contributed by atoms with Crippen LogP contribution in [0.5, 0.6) is 5.75 Å². The predicted molar refractivity (Wildman–Crippen MR) is 118 cm³/mol. The summed E-state index contributed by atoms with van der Waals surface area (Å²) >= 11 is 5.99. The molecular formula is C24H24ClF3N2O2. The number of amides is 1. The smallest absolute Gasteiger partial charge is 0.432 e. The standard InChI is InChI=1S/C24H24ClF3N2O2/c1-2-14(9-22(31)30-20-4-3-5-20)15-6-7-21-16(8-15)13-23(32-21,24(26,27)28)17-10-18(25)12-19(29)11-17/h6-12,20H,2-5,13,29H2,1H3,(H,30,31). The van der Waals surface area contributed by atoms with E-state index in [0.29, 0.717) is 17.5 Å². The van der Waals surface area contributed by atoms with Crippen molar-refractivity contribution < 1.29 is 22.7 Å². The normalized spacial score (nSPS) is 21.0. The Morgan fingerprint density at radius 2 is 2.03 bits per heavy atom. The lowest BCUT2D eigenvalue weighted by Crippen LogP contribution is -2.46. The SMILES string of the molecule is CCC(=CC(=O)NC1CCC1)c1ccc2c(c1)CC(c1cc(N)cc(Cl)c1)(C(F)(F)F)O2. The summed E-state index contributed by atoms with van der Waals surface area (Å²) in [6, 6.07) is 8.96. The number of nitrogen functional groups attached to an aromatic ring is 1. The number of carbonyl (C=O) groups is 1. The van der Waals surface area contributed by atoms with Crippen molar-refractivity contribution in [3.05, 3.63) is 64.2 Å². The third kappa shape index (κ3) is 4.18. The highest BCUT2D eigenvalue weighted by molar-refractivity contribution is 6.30. The van der Waals surface area contributed by atoms with E-state index in [1.807, 2.05) is 6.92 Å². The zero-order chi connectivity index (χ0) is 23.1. The van der Waals surface area contributed by atoms with Gasteiger partial charge in [-0.3, -0.25) is 4.79 Å². The van der Waals surface area contributed by atoms with Gasteiger partial charge in [0.2, 0.25) is 11.5 Å². The van der Waals surface area contributed by atoms with Gasteiger partial charge in [0, 0.05) is 34.8 Å². The number of rotatable bonds is 5. The molecule has 1 saturated carbocycles. The molecule has 0 saturated heterocycles. The van der Waals surface area contributed by atoms with Gasteiger partial charge in [0.1, 0.15) is 5.75 Å². The molecule has 4 nitrogen and oxygen atoms in total. The Morgan fingerprint density at radius 3 is 2.62 bits per heavy atom. The molecule has 3 N–H and O–H groups in total. The summed E-state index contributed by atoms with van der Waals surface area (Å²) in [6.07, 6.45) is 0.0481. The molecule has 0 aromatic heterocycles. The first-order chi connectivity index (χ1) is 15.1. The van der Waals surface area contributed by atoms with Crippen LogP contribution in [0.2, 0.25) is 5.02 Å². The van der Waals surface area contributed by atoms with Crippen molar-refractivity contribution in [2.75, 3.05) is 5.73 Å². The number of halogens is 4. The fraction of sp³-hybridized carbons (Fsp3) is 0.375. The van der Waals surface area contributed by atoms with E-state index in [-0.39, 0.29) is 34.0 Å². The third-order valence-corrected chi connectivity index (χ3v) is 6.36. The van der Waals surface area contributed by atoms with Crippen LogP contribution < -0.4 is 15.8 Å². The Labute approximate surface area is 189 Å². The van der Waals surface area contributed by atoms with Crippen molar-refractivity contribution in [3.63, 3.8) is 0 Å². The number of alkyl halides is 3. The number of hydrogen-bond acceptors (Lipinski definition) is 3. The highest BCUT2D eigenvalue weighted by atomic mass is 35.5. The van der Waals surface area contributed by atoms with E-state index in [1.54, 1.807) is 12.1 Å². The van der Waals surface area contributed by atoms with Crippen molar-refractivity contribution in [2.24, 2.45) is 0 Å². The number of carbonyl (C=O) groups excluding carboxylic acids is 1. The first kappa shape index (κ1) is 22.5. The molecule has 2 aromatic rings. The van der Waals surface area contributed by atoms with Gasteiger partial charge in [0.05, 0.1) is 0 Å². The van der Waals surface area contributed by atoms with Crippen molar-refractivity contribution in [3.8, 4) is 5.75 Å². The maximum Gasteiger partial charge on any atom is 0.432 e. The van der Waals surface area contributed by atoms with Crippen LogP contribution in [0.3, 0.4) is 0 Å². The molecule has 0 spiro atoms. The van der Waals surface area contributed by atoms with E-state index < -0.39 is 18.2 Å². The number of allylic oxidation sites excluding steroid dienone is 1. The average molecular weight is 465 g/mol. The van der Waals surface area contributed by atoms with Gasteiger partial charge in [-0.2, -0.15) is 13.2 Å². The number of hydrogen-bond donors (Lipinski definition) is 2. The van der Waals surface area contributed by atoms with Crippen molar-refractivity contribution in [1.82, 2.24) is 5.32 Å². The first-order valence-electron chi connectivity index (χ1n) is 10.6. The zero-order valence-electron chi connectivity index (χ0n) is 17.6. The monoisotopic (exact) mass is 464 g/mol. The van der Waals surface area contributed by atoms with Crippen molar-refractivity contribution in [2.45, 2.75) is 56.8 Å². The maximum absolute atomic E-state index is 14.3. The van der Waals surface area contributed by atoms with Gasteiger partial charge in [-0.15, -0.1) is 0 Å². The molecule has 1 aliphatic carbocycles. The minimum absolute atomic E-state index is 0.109. The average Bonchev–Trinajstić information content (AvgIpc) is 3.08. The van der Waals surface area contributed by atoms with Crippen LogP contribution in [0.15, 0.2) is 42.5 Å². The number of fused-ring (bicyclic) bond motifs is 1. The molecule has 32 heavy (non-hydrogen) atoms. The number of nitrogens with two attached hydrogens (primary N) is 1. The summed E-state index contributed by atoms with van der Waals surface area (Å²) in [7, 11) is 0. The summed E-state index contributed by atoms with van der Waals surface area (Å²) in [6.45, 7) is 1.90. The number of ether oxygens (including phenoxy) is 1. The lowest BCUT2D eigenvalue weighted by atomic mass is 9.87. The van der Waals surface area contributed by atoms with E-state index in [1.165, 1.54) is 30.3 Å². The van der Waals surface area contributed by atoms with Crippen molar-refractivity contribution in [1.29, 1.82) is 0 Å². The lowest BCUT2D eigenvalue weighted by Gasteiger charge is -2.32. The summed E-state index contributed by atoms with van der Waals surface area (Å²) in [5.74, 6) is -0.0265. The molecule has 0 bridgehead atoms. The molecule has 1 fully saturated rings. The number of nitrogens with one attached hydrogen (secondary N) is 1. The molecule has 170 valence electrons. The van der Waals surface area contributed by atoms with Gasteiger partial charge >= 0.3 is 6.18 Å². The van der Waals surface area contributed by atoms with Gasteiger partial charge in [0.15, 0.2) is 0 Å². The first-order valence-corrected chi connectivity index (χ1v) is 11.0. The molecule has 1 amide bonds. The lowest BCUT2D eigenvalue weighted by molar-refractivity contribution is -0.248. The fourth-order valence-corrected chi connectivity index (χ4v) is 4.42. The summed E-state index contributed by atoms with van der Waals surface area (Å²) in [4.78, 5) is 12.3. The van der Waals surface area contributed by atoms with Crippen LogP contribution in [0.4, 0.5) is 18.9 Å². The van der Waals surface area contributed by atoms with Crippen LogP contribution in [-0.2, 0) is 16.8 Å². The molecule has 1 atom stereocenters. The van der Waals surface area contributed by atoms with Crippen molar-refractivity contribution >= 4 is 28.8 Å². The molecular weight excluding hydrogens is 441 g/mol. The van der Waals surface area contributed by atoms with Gasteiger partial charge in [0.25, 0.3) is 0 Å². The molecule has 1 unspecified atom stereocenters. The van der Waals surface area contributed by atoms with Gasteiger partial charge < -0.3 is 15.8 Å². The summed E-state index contributed by atoms with van der Waals surface area (Å²) in [5, 5.41) is 3.06. The zero-order valence-corrected chi connectivity index (χ0v) is 18.3. The second-order valence-electron chi connectivity index (χ2n) is 8.36. The number of benzene rings is 2. The quantitative estimate of drug-likeness (QED) is 0.435. The molecule has 0 radical (unpaired) electrons. The summed E-state index contributed by atoms with van der Waals surface area (Å²) in [5.41, 5.74) is 5.03. The van der Waals surface area contributed by atoms with E-state index in [0.717, 1.165) is 24.8 Å². The Kier molecular flexibility index (Phi) is 5.88. The highest BCUT2D eigenvalue weighted by Gasteiger charge is 2.61. The Hall–Kier alpha value is -2.67. The van der Waals surface area contributed by atoms with E-state index in [9.17, 15) is 18.0 Å². The maximum atomic E-state index is 14.3. The fourth-order valence-electron chi connectivity index (χ4n) is 4.18. The molecule has 2 aliphatic rings. The molecule has 4 rings (SSSR count). The van der Waals surface area contributed by atoms with Crippen LogP contribution in [0.25, 0.3) is 5.57 Å². The molecule has 1 aliphatic heterocycles. The number of anilines is 1. The predicted octanol–water partition coefficient (Wildman–Crippen LogP) is 5.78. The second-order valence-corrected chi connectivity index (χ2v) is 8.80. The Balaban J connectivity index is 1.67. The van der Waals surface area contributed by atoms with E-state index in [2.05, 4.69) is 5.32 Å². The Morgan fingerprint density at radius 1 is 1.28 bits per heavy atom. The van der Waals surface area contributed by atoms with E-state index in [4.69, 9.17) is 22.1 Å². The highest BCUT2D eigenvalue weighted by Crippen LogP contribution is 2.52. The van der Waals surface area contributed by atoms with Gasteiger partial charge in [-0.25, -0.2) is 0 Å². The minimum atomic E-state index is -4.70. The largest absolute Gasteiger partial charge is 0.472 e. The minimum Gasteiger partial charge on any atom is -0.472 e. The topological polar surface area (TPSA) is 64.4 Å². The van der Waals surface area contributed by atoms with Crippen LogP contribution >= 0.6 is 11.6 Å². The van der Waals surface area contributed by atoms with E-state index >= 15 is 0 Å². The Bertz CT molecular complexity index is 1060. The third-order valence-electron chi connectivity index (χ3n) is 6.14.